The second-order valence-electron chi connectivity index (χ2n) is 8.04. The average Bonchev–Trinajstić information content (AvgIpc) is 3.64. The molecule has 3 fully saturated rings. The Kier molecular flexibility index (Phi) is 30.5. The van der Waals surface area contributed by atoms with Gasteiger partial charge in [-0.3, -0.25) is 0 Å². The Morgan fingerprint density at radius 1 is 0.406 bits per heavy atom. The Labute approximate surface area is 228 Å². The van der Waals surface area contributed by atoms with Crippen molar-refractivity contribution in [3.63, 3.8) is 0 Å². The second-order valence-corrected chi connectivity index (χ2v) is 8.04. The summed E-state index contributed by atoms with van der Waals surface area (Å²) in [5.74, 6) is 0. The summed E-state index contributed by atoms with van der Waals surface area (Å²) in [7, 11) is 4.64. The van der Waals surface area contributed by atoms with Crippen molar-refractivity contribution < 1.29 is 41.1 Å². The van der Waals surface area contributed by atoms with Crippen molar-refractivity contribution in [1.82, 2.24) is 0 Å². The van der Waals surface area contributed by atoms with Gasteiger partial charge in [0.25, 0.3) is 0 Å². The number of nitrogens with one attached hydrogen (secondary N) is 2. The number of hydrogen-bond acceptors (Lipinski definition) is 0. The van der Waals surface area contributed by atoms with Crippen LogP contribution in [0.4, 0.5) is 11.4 Å². The first-order valence-corrected chi connectivity index (χ1v) is 14.2. The third-order valence-electron chi connectivity index (χ3n) is 5.30. The molecule has 2 nitrogen and oxygen atoms in total. The fraction of sp³-hybridized carbons (Fsp3) is 0.556. The Morgan fingerprint density at radius 2 is 0.562 bits per heavy atom. The van der Waals surface area contributed by atoms with Gasteiger partial charge < -0.3 is 11.5 Å². The van der Waals surface area contributed by atoms with E-state index in [1.165, 1.54) is 116 Å². The van der Waals surface area contributed by atoms with Gasteiger partial charge in [0.1, 0.15) is 0 Å². The molecule has 0 heterocycles. The Hall–Kier alpha value is -0.241. The van der Waals surface area contributed by atoms with Crippen LogP contribution in [0.25, 0.3) is 11.5 Å². The average molecular weight is 526 g/mol. The standard InChI is InChI=1S/2C6H6N.3C5H10.ClH.2Ti/c2*7-6-4-2-1-3-5-6;3*1-2-4-5-3-1;;;/h2*1-5,7H;3*1-5H2;1H;;/q2*-1;;;;;+2;+4/p-1. The molecule has 0 radical (unpaired) electrons. The van der Waals surface area contributed by atoms with Crippen LogP contribution in [0.3, 0.4) is 0 Å². The van der Waals surface area contributed by atoms with E-state index in [9.17, 15) is 0 Å². The van der Waals surface area contributed by atoms with Crippen LogP contribution in [0.5, 0.6) is 0 Å². The van der Waals surface area contributed by atoms with Crippen molar-refractivity contribution in [2.75, 3.05) is 0 Å². The molecular weight excluding hydrogens is 483 g/mol. The van der Waals surface area contributed by atoms with Gasteiger partial charge in [0.15, 0.2) is 0 Å². The van der Waals surface area contributed by atoms with Crippen molar-refractivity contribution in [2.24, 2.45) is 0 Å². The van der Waals surface area contributed by atoms with E-state index in [4.69, 9.17) is 11.5 Å². The minimum absolute atomic E-state index is 0. The first kappa shape index (κ1) is 33.9. The third-order valence-corrected chi connectivity index (χ3v) is 5.30. The Bertz CT molecular complexity index is 474. The van der Waals surface area contributed by atoms with E-state index < -0.39 is 0 Å². The molecule has 5 rings (SSSR count). The summed E-state index contributed by atoms with van der Waals surface area (Å²) in [5, 5.41) is 0. The predicted molar refractivity (Wildman–Crippen MR) is 136 cm³/mol. The van der Waals surface area contributed by atoms with E-state index in [2.05, 4.69) is 9.30 Å². The zero-order valence-corrected chi connectivity index (χ0v) is 23.6. The van der Waals surface area contributed by atoms with Crippen LogP contribution < -0.4 is 0 Å². The van der Waals surface area contributed by atoms with Crippen LogP contribution in [0, 0.1) is 0 Å². The minimum Gasteiger partial charge on any atom is -0.699 e. The SMILES string of the molecule is C1CCCC1.C1CCCC1.C1CCCC1.[Cl][Ti+3].[NH-]c1ccccc1.[NH-]c1ccccc1.[Ti+2]. The summed E-state index contributed by atoms with van der Waals surface area (Å²) in [6.45, 7) is 0. The smallest absolute Gasteiger partial charge is 0.699 e. The summed E-state index contributed by atoms with van der Waals surface area (Å²) in [6.07, 6.45) is 22.5. The molecule has 3 aliphatic carbocycles. The van der Waals surface area contributed by atoms with Crippen LogP contribution in [-0.2, 0) is 41.1 Å². The molecule has 32 heavy (non-hydrogen) atoms. The quantitative estimate of drug-likeness (QED) is 0.307. The monoisotopic (exact) mass is 525 g/mol. The molecule has 0 aromatic heterocycles. The van der Waals surface area contributed by atoms with Gasteiger partial charge in [-0.05, 0) is 0 Å². The van der Waals surface area contributed by atoms with Gasteiger partial charge in [0.05, 0.1) is 0 Å². The van der Waals surface area contributed by atoms with E-state index in [0.717, 1.165) is 0 Å². The molecular formula is C27H42ClN2Ti2+3. The maximum absolute atomic E-state index is 7.00. The summed E-state index contributed by atoms with van der Waals surface area (Å²) in [5.41, 5.74) is 15.1. The summed E-state index contributed by atoms with van der Waals surface area (Å²) < 4.78 is 0. The molecule has 3 aliphatic rings. The first-order valence-electron chi connectivity index (χ1n) is 12.0. The molecule has 3 saturated carbocycles. The molecule has 0 aliphatic heterocycles. The van der Waals surface area contributed by atoms with Gasteiger partial charge in [0.2, 0.25) is 0 Å². The number of rotatable bonds is 0. The van der Waals surface area contributed by atoms with Crippen molar-refractivity contribution in [3.05, 3.63) is 72.1 Å². The molecule has 2 aromatic carbocycles. The van der Waals surface area contributed by atoms with Gasteiger partial charge in [-0.25, -0.2) is 0 Å². The molecule has 0 amide bonds. The molecule has 0 saturated heterocycles. The van der Waals surface area contributed by atoms with Crippen molar-refractivity contribution in [1.29, 1.82) is 0 Å². The molecule has 0 spiro atoms. The largest absolute Gasteiger partial charge is 2.00 e. The van der Waals surface area contributed by atoms with Crippen LogP contribution in [0.2, 0.25) is 0 Å². The van der Waals surface area contributed by atoms with E-state index >= 15 is 0 Å². The van der Waals surface area contributed by atoms with Gasteiger partial charge >= 0.3 is 50.4 Å². The number of halogens is 1. The van der Waals surface area contributed by atoms with Gasteiger partial charge in [-0.2, -0.15) is 0 Å². The Morgan fingerprint density at radius 3 is 0.656 bits per heavy atom. The van der Waals surface area contributed by atoms with Gasteiger partial charge in [0, 0.05) is 0 Å². The van der Waals surface area contributed by atoms with Crippen LogP contribution in [-0.4, -0.2) is 0 Å². The summed E-state index contributed by atoms with van der Waals surface area (Å²) >= 11 is 1.47. The number of hydrogen-bond donors (Lipinski definition) is 0. The summed E-state index contributed by atoms with van der Waals surface area (Å²) in [4.78, 5) is 0. The molecule has 172 valence electrons. The maximum Gasteiger partial charge on any atom is 2.00 e. The van der Waals surface area contributed by atoms with Gasteiger partial charge in [-0.15, -0.1) is 11.4 Å². The summed E-state index contributed by atoms with van der Waals surface area (Å²) in [6, 6.07) is 18.2. The van der Waals surface area contributed by atoms with Crippen LogP contribution in [0.1, 0.15) is 96.3 Å². The van der Waals surface area contributed by atoms with Crippen molar-refractivity contribution >= 4 is 20.7 Å². The maximum atomic E-state index is 7.00. The molecule has 2 N–H and O–H groups in total. The molecule has 2 aromatic rings. The second kappa shape index (κ2) is 28.8. The van der Waals surface area contributed by atoms with E-state index in [1.54, 1.807) is 24.3 Å². The topological polar surface area (TPSA) is 47.6 Å². The van der Waals surface area contributed by atoms with Gasteiger partial charge in [-0.1, -0.05) is 157 Å². The predicted octanol–water partition coefficient (Wildman–Crippen LogP) is 11.3. The molecule has 0 atom stereocenters. The normalized spacial score (nSPS) is 15.2. The fourth-order valence-corrected chi connectivity index (χ4v) is 3.53. The number of benzene rings is 2. The molecule has 5 heteroatoms. The van der Waals surface area contributed by atoms with Crippen molar-refractivity contribution in [2.45, 2.75) is 96.3 Å². The third kappa shape index (κ3) is 26.0. The zero-order chi connectivity index (χ0) is 22.8. The van der Waals surface area contributed by atoms with E-state index in [-0.39, 0.29) is 21.7 Å². The fourth-order valence-electron chi connectivity index (χ4n) is 3.53. The van der Waals surface area contributed by atoms with Crippen LogP contribution in [0.15, 0.2) is 60.7 Å². The van der Waals surface area contributed by atoms with E-state index in [1.807, 2.05) is 36.4 Å². The molecule has 0 unspecified atom stereocenters. The zero-order valence-electron chi connectivity index (χ0n) is 19.8. The van der Waals surface area contributed by atoms with E-state index in [0.29, 0.717) is 11.4 Å². The first-order chi connectivity index (χ1) is 15.3. The Balaban J connectivity index is 0. The minimum atomic E-state index is 0. The van der Waals surface area contributed by atoms with Crippen LogP contribution >= 0.6 is 9.30 Å². The molecule has 0 bridgehead atoms. The van der Waals surface area contributed by atoms with Crippen molar-refractivity contribution in [3.8, 4) is 0 Å².